The van der Waals surface area contributed by atoms with Crippen LogP contribution in [0.4, 0.5) is 0 Å². The van der Waals surface area contributed by atoms with Gasteiger partial charge in [0.05, 0.1) is 19.6 Å². The molecular weight excluding hydrogens is 362 g/mol. The minimum Gasteiger partial charge on any atom is -0.334 e. The molecule has 2 heterocycles. The molecule has 0 spiro atoms. The van der Waals surface area contributed by atoms with Gasteiger partial charge in [0.2, 0.25) is 0 Å². The Balaban J connectivity index is 2.05. The average molecular weight is 381 g/mol. The molecule has 0 saturated heterocycles. The van der Waals surface area contributed by atoms with Crippen molar-refractivity contribution in [1.82, 2.24) is 23.8 Å². The molecule has 144 valence electrons. The Morgan fingerprint density at radius 1 is 0.929 bits per heavy atom. The van der Waals surface area contributed by atoms with E-state index >= 15 is 0 Å². The summed E-state index contributed by atoms with van der Waals surface area (Å²) < 4.78 is 7.95. The van der Waals surface area contributed by atoms with Gasteiger partial charge in [0, 0.05) is 5.56 Å². The van der Waals surface area contributed by atoms with Gasteiger partial charge in [-0.15, -0.1) is 13.2 Å². The van der Waals surface area contributed by atoms with Gasteiger partial charge in [-0.1, -0.05) is 35.0 Å². The lowest BCUT2D eigenvalue weighted by molar-refractivity contribution is 0.415. The van der Waals surface area contributed by atoms with Gasteiger partial charge in [-0.3, -0.25) is 0 Å². The minimum absolute atomic E-state index is 0.0318. The summed E-state index contributed by atoms with van der Waals surface area (Å²) in [6, 6.07) is 7.48. The molecule has 3 rings (SSSR count). The van der Waals surface area contributed by atoms with Crippen LogP contribution in [0.5, 0.6) is 0 Å². The first-order valence-electron chi connectivity index (χ1n) is 8.52. The second-order valence-corrected chi connectivity index (χ2v) is 6.11. The fourth-order valence-corrected chi connectivity index (χ4v) is 2.66. The van der Waals surface area contributed by atoms with Crippen molar-refractivity contribution in [2.24, 2.45) is 0 Å². The molecule has 2 aromatic heterocycles. The van der Waals surface area contributed by atoms with Crippen LogP contribution in [0.2, 0.25) is 0 Å². The van der Waals surface area contributed by atoms with Crippen molar-refractivity contribution in [3.05, 3.63) is 92.4 Å². The highest BCUT2D eigenvalue weighted by Crippen LogP contribution is 2.17. The van der Waals surface area contributed by atoms with Crippen LogP contribution in [0.25, 0.3) is 11.5 Å². The molecule has 0 radical (unpaired) electrons. The lowest BCUT2D eigenvalue weighted by Gasteiger charge is -2.10. The summed E-state index contributed by atoms with van der Waals surface area (Å²) in [6.45, 7) is 8.74. The second kappa shape index (κ2) is 7.87. The molecular formula is C19H19N5O4. The topological polar surface area (TPSA) is 105 Å². The first-order chi connectivity index (χ1) is 13.5. The zero-order valence-electron chi connectivity index (χ0n) is 15.4. The highest BCUT2D eigenvalue weighted by atomic mass is 16.5. The van der Waals surface area contributed by atoms with Gasteiger partial charge in [-0.2, -0.15) is 4.98 Å². The molecule has 0 N–H and O–H groups in total. The molecule has 0 aliphatic carbocycles. The second-order valence-electron chi connectivity index (χ2n) is 6.11. The molecule has 9 heteroatoms. The third-order valence-electron chi connectivity index (χ3n) is 4.07. The zero-order valence-corrected chi connectivity index (χ0v) is 15.4. The number of rotatable bonds is 7. The molecule has 0 aliphatic heterocycles. The van der Waals surface area contributed by atoms with Crippen molar-refractivity contribution < 1.29 is 4.52 Å². The van der Waals surface area contributed by atoms with Gasteiger partial charge in [-0.25, -0.2) is 28.1 Å². The van der Waals surface area contributed by atoms with Crippen molar-refractivity contribution >= 4 is 0 Å². The van der Waals surface area contributed by atoms with E-state index in [4.69, 9.17) is 4.52 Å². The van der Waals surface area contributed by atoms with E-state index in [1.807, 2.05) is 31.2 Å². The standard InChI is InChI=1S/C19H19N5O4/c1-4-10-22-17(25)23(11-5-2)19(27)24(18(22)26)12-15-20-16(28-21-15)14-8-6-13(3)7-9-14/h4-9H,1-2,10-12H2,3H3. The first-order valence-corrected chi connectivity index (χ1v) is 8.52. The van der Waals surface area contributed by atoms with Gasteiger partial charge in [0.1, 0.15) is 0 Å². The van der Waals surface area contributed by atoms with E-state index in [0.717, 1.165) is 24.8 Å². The van der Waals surface area contributed by atoms with Crippen LogP contribution in [0.3, 0.4) is 0 Å². The van der Waals surface area contributed by atoms with Crippen molar-refractivity contribution in [3.8, 4) is 11.5 Å². The molecule has 0 bridgehead atoms. The predicted octanol–water partition coefficient (Wildman–Crippen LogP) is 0.950. The van der Waals surface area contributed by atoms with Crippen LogP contribution >= 0.6 is 0 Å². The third kappa shape index (κ3) is 3.54. The smallest absolute Gasteiger partial charge is 0.334 e. The van der Waals surface area contributed by atoms with Gasteiger partial charge in [-0.05, 0) is 19.1 Å². The number of benzene rings is 1. The molecule has 0 fully saturated rings. The van der Waals surface area contributed by atoms with Crippen molar-refractivity contribution in [2.45, 2.75) is 26.6 Å². The molecule has 1 aromatic carbocycles. The van der Waals surface area contributed by atoms with E-state index in [2.05, 4.69) is 23.3 Å². The number of hydrogen-bond acceptors (Lipinski definition) is 6. The van der Waals surface area contributed by atoms with Crippen molar-refractivity contribution in [3.63, 3.8) is 0 Å². The average Bonchev–Trinajstić information content (AvgIpc) is 3.15. The number of aromatic nitrogens is 5. The summed E-state index contributed by atoms with van der Waals surface area (Å²) in [5.41, 5.74) is -0.451. The summed E-state index contributed by atoms with van der Waals surface area (Å²) >= 11 is 0. The van der Waals surface area contributed by atoms with E-state index in [-0.39, 0.29) is 31.3 Å². The van der Waals surface area contributed by atoms with E-state index in [1.54, 1.807) is 0 Å². The SMILES string of the molecule is C=CCn1c(=O)n(CC=C)c(=O)n(Cc2noc(-c3ccc(C)cc3)n2)c1=O. The fourth-order valence-electron chi connectivity index (χ4n) is 2.66. The Morgan fingerprint density at radius 2 is 1.46 bits per heavy atom. The van der Waals surface area contributed by atoms with Crippen LogP contribution in [0.15, 0.2) is 68.5 Å². The predicted molar refractivity (Wildman–Crippen MR) is 103 cm³/mol. The lowest BCUT2D eigenvalue weighted by atomic mass is 10.1. The maximum Gasteiger partial charge on any atom is 0.337 e. The molecule has 0 aliphatic rings. The number of aryl methyl sites for hydroxylation is 1. The van der Waals surface area contributed by atoms with Gasteiger partial charge < -0.3 is 4.52 Å². The van der Waals surface area contributed by atoms with Gasteiger partial charge >= 0.3 is 17.1 Å². The molecule has 28 heavy (non-hydrogen) atoms. The first kappa shape index (κ1) is 19.0. The van der Waals surface area contributed by atoms with Gasteiger partial charge in [0.25, 0.3) is 5.89 Å². The molecule has 0 atom stereocenters. The Hall–Kier alpha value is -3.75. The summed E-state index contributed by atoms with van der Waals surface area (Å²) in [6.07, 6.45) is 2.80. The van der Waals surface area contributed by atoms with E-state index in [9.17, 15) is 14.4 Å². The number of allylic oxidation sites excluding steroid dienone is 2. The number of nitrogens with zero attached hydrogens (tertiary/aromatic N) is 5. The van der Waals surface area contributed by atoms with Crippen molar-refractivity contribution in [1.29, 1.82) is 0 Å². The minimum atomic E-state index is -0.767. The Labute approximate surface area is 159 Å². The van der Waals surface area contributed by atoms with E-state index in [1.165, 1.54) is 12.2 Å². The summed E-state index contributed by atoms with van der Waals surface area (Å²) in [5.74, 6) is 0.414. The fraction of sp³-hybridized carbons (Fsp3) is 0.211. The van der Waals surface area contributed by atoms with E-state index in [0.29, 0.717) is 0 Å². The third-order valence-corrected chi connectivity index (χ3v) is 4.07. The van der Waals surface area contributed by atoms with Gasteiger partial charge in [0.15, 0.2) is 5.82 Å². The highest BCUT2D eigenvalue weighted by molar-refractivity contribution is 5.53. The number of hydrogen-bond donors (Lipinski definition) is 0. The normalized spacial score (nSPS) is 10.8. The quantitative estimate of drug-likeness (QED) is 0.564. The molecule has 3 aromatic rings. The van der Waals surface area contributed by atoms with Crippen molar-refractivity contribution in [2.75, 3.05) is 0 Å². The maximum absolute atomic E-state index is 12.6. The Kier molecular flexibility index (Phi) is 5.35. The van der Waals surface area contributed by atoms with Crippen LogP contribution in [-0.2, 0) is 19.6 Å². The maximum atomic E-state index is 12.6. The lowest BCUT2D eigenvalue weighted by Crippen LogP contribution is -2.54. The Morgan fingerprint density at radius 3 is 2.00 bits per heavy atom. The molecule has 0 amide bonds. The summed E-state index contributed by atoms with van der Waals surface area (Å²) in [5, 5.41) is 3.84. The highest BCUT2D eigenvalue weighted by Gasteiger charge is 2.17. The Bertz CT molecular complexity index is 1150. The molecule has 0 saturated carbocycles. The molecule has 0 unspecified atom stereocenters. The molecule has 9 nitrogen and oxygen atoms in total. The van der Waals surface area contributed by atoms with Crippen LogP contribution in [0, 0.1) is 6.92 Å². The van der Waals surface area contributed by atoms with Crippen LogP contribution in [0.1, 0.15) is 11.4 Å². The summed E-state index contributed by atoms with van der Waals surface area (Å²) in [4.78, 5) is 41.9. The van der Waals surface area contributed by atoms with Crippen LogP contribution in [-0.4, -0.2) is 23.8 Å². The zero-order chi connectivity index (χ0) is 20.3. The monoisotopic (exact) mass is 381 g/mol. The van der Waals surface area contributed by atoms with E-state index < -0.39 is 17.1 Å². The van der Waals surface area contributed by atoms with Crippen LogP contribution < -0.4 is 17.1 Å². The summed E-state index contributed by atoms with van der Waals surface area (Å²) in [7, 11) is 0. The largest absolute Gasteiger partial charge is 0.337 e.